The van der Waals surface area contributed by atoms with Crippen LogP contribution in [-0.2, 0) is 24.4 Å². The van der Waals surface area contributed by atoms with Crippen LogP contribution in [-0.4, -0.2) is 70.1 Å². The van der Waals surface area contributed by atoms with Crippen molar-refractivity contribution >= 4 is 5.78 Å². The Morgan fingerprint density at radius 3 is 2.61 bits per heavy atom. The van der Waals surface area contributed by atoms with E-state index in [1.54, 1.807) is 28.4 Å². The third-order valence-electron chi connectivity index (χ3n) is 7.75. The Morgan fingerprint density at radius 2 is 1.96 bits per heavy atom. The second-order valence-electron chi connectivity index (χ2n) is 8.32. The van der Waals surface area contributed by atoms with E-state index >= 15 is 0 Å². The van der Waals surface area contributed by atoms with Crippen LogP contribution in [0.25, 0.3) is 0 Å². The van der Waals surface area contributed by atoms with E-state index in [0.717, 1.165) is 30.5 Å². The van der Waals surface area contributed by atoms with Crippen LogP contribution in [0, 0.1) is 0 Å². The topological polar surface area (TPSA) is 66.5 Å². The average Bonchev–Trinajstić information content (AvgIpc) is 3.20. The fraction of sp³-hybridized carbons (Fsp3) is 0.667. The monoisotopic (exact) mass is 389 g/mol. The number of hydrogen-bond donors (Lipinski definition) is 0. The largest absolute Gasteiger partial charge is 0.493 e. The van der Waals surface area contributed by atoms with Crippen LogP contribution in [0.3, 0.4) is 0 Å². The van der Waals surface area contributed by atoms with Crippen molar-refractivity contribution in [2.24, 2.45) is 0 Å². The minimum absolute atomic E-state index is 0.00801. The zero-order valence-corrected chi connectivity index (χ0v) is 17.0. The van der Waals surface area contributed by atoms with E-state index < -0.39 is 22.8 Å². The molecule has 152 valence electrons. The molecule has 1 saturated carbocycles. The van der Waals surface area contributed by atoms with Gasteiger partial charge in [-0.05, 0) is 31.6 Å². The van der Waals surface area contributed by atoms with Gasteiger partial charge in [-0.1, -0.05) is 6.07 Å². The van der Waals surface area contributed by atoms with Gasteiger partial charge in [0.25, 0.3) is 0 Å². The zero-order valence-electron chi connectivity index (χ0n) is 17.0. The van der Waals surface area contributed by atoms with Gasteiger partial charge in [0.1, 0.15) is 0 Å². The molecule has 3 fully saturated rings. The van der Waals surface area contributed by atoms with Gasteiger partial charge in [-0.25, -0.2) is 0 Å². The van der Waals surface area contributed by atoms with E-state index in [-0.39, 0.29) is 11.9 Å². The van der Waals surface area contributed by atoms with Crippen LogP contribution in [0.2, 0.25) is 0 Å². The first kappa shape index (κ1) is 18.4. The average molecular weight is 389 g/mol. The van der Waals surface area contributed by atoms with Crippen LogP contribution < -0.4 is 9.47 Å². The Balaban J connectivity index is 1.89. The van der Waals surface area contributed by atoms with Crippen molar-refractivity contribution in [3.8, 4) is 11.5 Å². The van der Waals surface area contributed by atoms with Crippen molar-refractivity contribution in [3.05, 3.63) is 23.3 Å². The van der Waals surface area contributed by atoms with Crippen LogP contribution in [0.5, 0.6) is 11.5 Å². The summed E-state index contributed by atoms with van der Waals surface area (Å²) in [6.45, 7) is 0.838. The SMILES string of the molecule is COc1ccc2c(c1OC)[C@]13CCN(C)[C@@]14C[C@H]2O[C@@]4(OC)[C@H](OC)C(=O)C3. The van der Waals surface area contributed by atoms with E-state index in [0.29, 0.717) is 17.9 Å². The molecule has 0 radical (unpaired) electrons. The summed E-state index contributed by atoms with van der Waals surface area (Å²) in [5.41, 5.74) is 1.11. The molecule has 5 rings (SSSR count). The first-order valence-electron chi connectivity index (χ1n) is 9.71. The molecule has 1 spiro atoms. The predicted molar refractivity (Wildman–Crippen MR) is 99.8 cm³/mol. The molecule has 1 aromatic rings. The smallest absolute Gasteiger partial charge is 0.222 e. The maximum Gasteiger partial charge on any atom is 0.222 e. The first-order chi connectivity index (χ1) is 13.5. The lowest BCUT2D eigenvalue weighted by Gasteiger charge is -2.59. The summed E-state index contributed by atoms with van der Waals surface area (Å²) in [5.74, 6) is 0.215. The summed E-state index contributed by atoms with van der Waals surface area (Å²) >= 11 is 0. The number of benzene rings is 1. The maximum atomic E-state index is 13.3. The number of methoxy groups -OCH3 is 4. The number of likely N-dealkylation sites (tertiary alicyclic amines) is 1. The van der Waals surface area contributed by atoms with Gasteiger partial charge in [0.2, 0.25) is 5.79 Å². The van der Waals surface area contributed by atoms with Gasteiger partial charge < -0.3 is 23.7 Å². The molecule has 0 unspecified atom stereocenters. The van der Waals surface area contributed by atoms with Gasteiger partial charge in [0.15, 0.2) is 23.4 Å². The van der Waals surface area contributed by atoms with Gasteiger partial charge in [-0.3, -0.25) is 9.69 Å². The molecule has 5 atom stereocenters. The molecule has 2 bridgehead atoms. The Morgan fingerprint density at radius 1 is 1.18 bits per heavy atom. The van der Waals surface area contributed by atoms with E-state index in [2.05, 4.69) is 18.0 Å². The highest BCUT2D eigenvalue weighted by atomic mass is 16.7. The quantitative estimate of drug-likeness (QED) is 0.778. The van der Waals surface area contributed by atoms with E-state index in [1.165, 1.54) is 0 Å². The zero-order chi connectivity index (χ0) is 19.9. The number of ether oxygens (including phenoxy) is 5. The fourth-order valence-electron chi connectivity index (χ4n) is 6.86. The van der Waals surface area contributed by atoms with Gasteiger partial charge in [-0.15, -0.1) is 0 Å². The number of fused-ring (bicyclic) bond motifs is 3. The van der Waals surface area contributed by atoms with Crippen molar-refractivity contribution in [2.45, 2.75) is 48.2 Å². The summed E-state index contributed by atoms with van der Waals surface area (Å²) in [7, 11) is 8.58. The summed E-state index contributed by atoms with van der Waals surface area (Å²) < 4.78 is 29.9. The highest BCUT2D eigenvalue weighted by Crippen LogP contribution is 2.72. The number of hydrogen-bond acceptors (Lipinski definition) is 7. The summed E-state index contributed by atoms with van der Waals surface area (Å²) in [4.78, 5) is 15.7. The standard InChI is InChI=1S/C21H27NO6/c1-22-9-8-19-10-13(23)18(26-4)21(27-5)20(19,22)11-15(28-21)12-6-7-14(24-2)17(25-3)16(12)19/h6-7,15,18H,8-11H2,1-5H3/t15-,18-,19-,20+,21+/m1/s1. The Bertz CT molecular complexity index is 858. The van der Waals surface area contributed by atoms with Crippen LogP contribution in [0.1, 0.15) is 36.5 Å². The third-order valence-corrected chi connectivity index (χ3v) is 7.75. The van der Waals surface area contributed by atoms with Gasteiger partial charge in [0, 0.05) is 38.0 Å². The minimum Gasteiger partial charge on any atom is -0.493 e. The Hall–Kier alpha value is -1.67. The molecule has 2 heterocycles. The number of carbonyl (C=O) groups excluding carboxylic acids is 1. The maximum absolute atomic E-state index is 13.3. The lowest BCUT2D eigenvalue weighted by atomic mass is 9.50. The molecule has 28 heavy (non-hydrogen) atoms. The third kappa shape index (κ3) is 1.66. The molecular weight excluding hydrogens is 362 g/mol. The molecule has 4 aliphatic rings. The molecule has 0 N–H and O–H groups in total. The number of carbonyl (C=O) groups is 1. The number of Topliss-reactive ketones (excluding diaryl/α,β-unsaturated/α-hetero) is 1. The van der Waals surface area contributed by atoms with Crippen molar-refractivity contribution in [1.29, 1.82) is 0 Å². The second-order valence-corrected chi connectivity index (χ2v) is 8.32. The van der Waals surface area contributed by atoms with Crippen LogP contribution >= 0.6 is 0 Å². The second kappa shape index (κ2) is 5.69. The molecular formula is C21H27NO6. The van der Waals surface area contributed by atoms with Crippen molar-refractivity contribution in [3.63, 3.8) is 0 Å². The molecule has 7 nitrogen and oxygen atoms in total. The molecule has 2 saturated heterocycles. The number of rotatable bonds is 4. The van der Waals surface area contributed by atoms with Crippen LogP contribution in [0.4, 0.5) is 0 Å². The van der Waals surface area contributed by atoms with Crippen molar-refractivity contribution < 1.29 is 28.5 Å². The predicted octanol–water partition coefficient (Wildman–Crippen LogP) is 1.82. The number of ketones is 1. The number of nitrogens with zero attached hydrogens (tertiary/aromatic N) is 1. The molecule has 7 heteroatoms. The van der Waals surface area contributed by atoms with Crippen molar-refractivity contribution in [1.82, 2.24) is 4.90 Å². The molecule has 2 aliphatic heterocycles. The summed E-state index contributed by atoms with van der Waals surface area (Å²) in [5, 5.41) is 0. The molecule has 0 aromatic heterocycles. The molecule has 2 aliphatic carbocycles. The summed E-state index contributed by atoms with van der Waals surface area (Å²) in [6.07, 6.45) is 0.981. The van der Waals surface area contributed by atoms with Crippen molar-refractivity contribution in [2.75, 3.05) is 42.0 Å². The molecule has 1 aromatic carbocycles. The minimum atomic E-state index is -1.16. The highest BCUT2D eigenvalue weighted by Gasteiger charge is 2.82. The van der Waals surface area contributed by atoms with Gasteiger partial charge in [-0.2, -0.15) is 0 Å². The summed E-state index contributed by atoms with van der Waals surface area (Å²) in [6, 6.07) is 3.97. The Labute approximate surface area is 164 Å². The van der Waals surface area contributed by atoms with Crippen LogP contribution in [0.15, 0.2) is 12.1 Å². The first-order valence-corrected chi connectivity index (χ1v) is 9.71. The lowest BCUT2D eigenvalue weighted by molar-refractivity contribution is -0.309. The normalized spacial score (nSPS) is 41.0. The number of likely N-dealkylation sites (N-methyl/N-ethyl adjacent to an activating group) is 1. The molecule has 0 amide bonds. The van der Waals surface area contributed by atoms with E-state index in [4.69, 9.17) is 23.7 Å². The fourth-order valence-corrected chi connectivity index (χ4v) is 6.86. The van der Waals surface area contributed by atoms with Gasteiger partial charge in [0.05, 0.1) is 25.9 Å². The Kier molecular flexibility index (Phi) is 3.73. The van der Waals surface area contributed by atoms with Gasteiger partial charge >= 0.3 is 0 Å². The van der Waals surface area contributed by atoms with E-state index in [9.17, 15) is 4.79 Å². The highest BCUT2D eigenvalue weighted by molar-refractivity contribution is 5.89. The lowest BCUT2D eigenvalue weighted by Crippen LogP contribution is -2.76. The van der Waals surface area contributed by atoms with E-state index in [1.807, 2.05) is 6.07 Å².